The van der Waals surface area contributed by atoms with Crippen LogP contribution in [0.15, 0.2) is 71.6 Å². The van der Waals surface area contributed by atoms with Crippen LogP contribution in [0.2, 0.25) is 0 Å². The molecule has 0 atom stereocenters. The molecule has 0 aliphatic carbocycles. The number of urea groups is 1. The Labute approximate surface area is 246 Å². The molecular weight excluding hydrogens is 557 g/mol. The molecule has 2 fully saturated rings. The molecule has 2 heterocycles. The number of likely N-dealkylation sites (tertiary alicyclic amines) is 1. The predicted octanol–water partition coefficient (Wildman–Crippen LogP) is 5.07. The van der Waals surface area contributed by atoms with Gasteiger partial charge in [-0.15, -0.1) is 0 Å². The number of nitrogens with zero attached hydrogens (tertiary/aromatic N) is 3. The molecule has 222 valence electrons. The predicted molar refractivity (Wildman–Crippen MR) is 161 cm³/mol. The molecule has 9 nitrogen and oxygen atoms in total. The first-order valence-corrected chi connectivity index (χ1v) is 15.4. The number of hydrogen-bond donors (Lipinski definition) is 2. The van der Waals surface area contributed by atoms with Crippen LogP contribution in [0, 0.1) is 11.2 Å². The summed E-state index contributed by atoms with van der Waals surface area (Å²) in [6.45, 7) is 5.94. The Kier molecular flexibility index (Phi) is 8.10. The van der Waals surface area contributed by atoms with E-state index in [-0.39, 0.29) is 16.8 Å². The molecule has 11 heteroatoms. The molecular formula is C31H36FN5O4S. The number of halogens is 1. The Morgan fingerprint density at radius 3 is 2.38 bits per heavy atom. The van der Waals surface area contributed by atoms with Crippen LogP contribution >= 0.6 is 0 Å². The molecule has 3 aromatic carbocycles. The van der Waals surface area contributed by atoms with Crippen LogP contribution in [-0.4, -0.2) is 68.3 Å². The zero-order valence-corrected chi connectivity index (χ0v) is 25.0. The standard InChI is InChI=1S/C31H36FN5O4S/c1-21(2)41-25-7-5-6-22(18-25)20-36-16-14-31(15-17-36)29(33)34-30(38)37(31)28-19-24(32)10-13-27(28)23-8-11-26(12-9-23)42(39,40)35(3)4/h5-13,18-19,21H,14-17,20H2,1-4H3,(H2,33,34,38). The van der Waals surface area contributed by atoms with Gasteiger partial charge in [-0.05, 0) is 80.3 Å². The average Bonchev–Trinajstić information content (AvgIpc) is 3.18. The lowest BCUT2D eigenvalue weighted by molar-refractivity contribution is 0.183. The summed E-state index contributed by atoms with van der Waals surface area (Å²) in [4.78, 5) is 17.3. The van der Waals surface area contributed by atoms with Gasteiger partial charge in [0, 0.05) is 39.3 Å². The Balaban J connectivity index is 1.42. The number of rotatable bonds is 8. The second-order valence-electron chi connectivity index (χ2n) is 11.2. The van der Waals surface area contributed by atoms with Gasteiger partial charge >= 0.3 is 6.03 Å². The van der Waals surface area contributed by atoms with E-state index in [1.54, 1.807) is 18.2 Å². The van der Waals surface area contributed by atoms with Crippen molar-refractivity contribution in [2.24, 2.45) is 0 Å². The van der Waals surface area contributed by atoms with Crippen LogP contribution in [-0.2, 0) is 16.6 Å². The highest BCUT2D eigenvalue weighted by molar-refractivity contribution is 7.89. The molecule has 2 aliphatic heterocycles. The van der Waals surface area contributed by atoms with E-state index in [2.05, 4.69) is 16.3 Å². The van der Waals surface area contributed by atoms with E-state index >= 15 is 0 Å². The highest BCUT2D eigenvalue weighted by atomic mass is 32.2. The van der Waals surface area contributed by atoms with Crippen LogP contribution in [0.25, 0.3) is 11.1 Å². The first kappa shape index (κ1) is 29.7. The molecule has 5 rings (SSSR count). The number of amides is 2. The van der Waals surface area contributed by atoms with Gasteiger partial charge in [-0.3, -0.25) is 20.5 Å². The van der Waals surface area contributed by atoms with Crippen molar-refractivity contribution in [3.05, 3.63) is 78.1 Å². The summed E-state index contributed by atoms with van der Waals surface area (Å²) in [6.07, 6.45) is 1.06. The fraction of sp³-hybridized carbons (Fsp3) is 0.355. The number of ether oxygens (including phenoxy) is 1. The number of hydrogen-bond acceptors (Lipinski definition) is 6. The van der Waals surface area contributed by atoms with Gasteiger partial charge < -0.3 is 4.74 Å². The minimum Gasteiger partial charge on any atom is -0.491 e. The smallest absolute Gasteiger partial charge is 0.328 e. The number of anilines is 1. The number of piperidine rings is 1. The zero-order chi connectivity index (χ0) is 30.2. The third kappa shape index (κ3) is 5.64. The van der Waals surface area contributed by atoms with E-state index in [4.69, 9.17) is 10.1 Å². The maximum atomic E-state index is 14.7. The van der Waals surface area contributed by atoms with Gasteiger partial charge in [0.15, 0.2) is 0 Å². The number of sulfonamides is 1. The molecule has 0 unspecified atom stereocenters. The number of carbonyl (C=O) groups excluding carboxylic acids is 1. The number of amidine groups is 1. The van der Waals surface area contributed by atoms with Crippen molar-refractivity contribution >= 4 is 27.6 Å². The lowest BCUT2D eigenvalue weighted by Crippen LogP contribution is -2.56. The molecule has 2 N–H and O–H groups in total. The third-order valence-corrected chi connectivity index (χ3v) is 9.66. The molecule has 42 heavy (non-hydrogen) atoms. The van der Waals surface area contributed by atoms with E-state index in [0.29, 0.717) is 49.3 Å². The largest absolute Gasteiger partial charge is 0.491 e. The summed E-state index contributed by atoms with van der Waals surface area (Å²) in [5.41, 5.74) is 1.70. The van der Waals surface area contributed by atoms with Crippen molar-refractivity contribution in [3.63, 3.8) is 0 Å². The minimum atomic E-state index is -3.62. The summed E-state index contributed by atoms with van der Waals surface area (Å²) in [7, 11) is -0.696. The van der Waals surface area contributed by atoms with Crippen LogP contribution in [0.5, 0.6) is 5.75 Å². The molecule has 0 saturated carbocycles. The fourth-order valence-corrected chi connectivity index (χ4v) is 6.58. The Morgan fingerprint density at radius 2 is 1.74 bits per heavy atom. The second-order valence-corrected chi connectivity index (χ2v) is 13.4. The highest BCUT2D eigenvalue weighted by Gasteiger charge is 2.53. The van der Waals surface area contributed by atoms with Gasteiger partial charge in [0.05, 0.1) is 16.7 Å². The van der Waals surface area contributed by atoms with Gasteiger partial charge in [-0.1, -0.05) is 24.3 Å². The van der Waals surface area contributed by atoms with Gasteiger partial charge in [0.25, 0.3) is 0 Å². The van der Waals surface area contributed by atoms with Gasteiger partial charge in [-0.2, -0.15) is 0 Å². The van der Waals surface area contributed by atoms with E-state index < -0.39 is 27.4 Å². The summed E-state index contributed by atoms with van der Waals surface area (Å²) >= 11 is 0. The first-order chi connectivity index (χ1) is 19.9. The quantitative estimate of drug-likeness (QED) is 0.379. The van der Waals surface area contributed by atoms with Crippen molar-refractivity contribution < 1.29 is 22.3 Å². The van der Waals surface area contributed by atoms with Crippen molar-refractivity contribution in [2.45, 2.75) is 49.8 Å². The van der Waals surface area contributed by atoms with Crippen LogP contribution in [0.4, 0.5) is 14.9 Å². The molecule has 0 aromatic heterocycles. The highest BCUT2D eigenvalue weighted by Crippen LogP contribution is 2.42. The maximum Gasteiger partial charge on any atom is 0.328 e. The molecule has 0 radical (unpaired) electrons. The van der Waals surface area contributed by atoms with Crippen LogP contribution in [0.3, 0.4) is 0 Å². The van der Waals surface area contributed by atoms with E-state index in [9.17, 15) is 17.6 Å². The summed E-state index contributed by atoms with van der Waals surface area (Å²) in [5.74, 6) is 0.408. The Hall–Kier alpha value is -3.80. The summed E-state index contributed by atoms with van der Waals surface area (Å²) in [6, 6.07) is 18.0. The number of nitrogens with one attached hydrogen (secondary N) is 2. The SMILES string of the molecule is CC(C)Oc1cccc(CN2CCC3(CC2)C(=N)NC(=O)N3c2cc(F)ccc2-c2ccc(S(=O)(=O)N(C)C)cc2)c1. The van der Waals surface area contributed by atoms with Gasteiger partial charge in [0.2, 0.25) is 10.0 Å². The van der Waals surface area contributed by atoms with Crippen molar-refractivity contribution in [2.75, 3.05) is 32.1 Å². The first-order valence-electron chi connectivity index (χ1n) is 13.9. The van der Waals surface area contributed by atoms with Crippen molar-refractivity contribution in [1.29, 1.82) is 5.41 Å². The molecule has 3 aromatic rings. The normalized spacial score (nSPS) is 17.4. The molecule has 0 bridgehead atoms. The summed E-state index contributed by atoms with van der Waals surface area (Å²) in [5, 5.41) is 11.5. The van der Waals surface area contributed by atoms with Crippen LogP contribution in [0.1, 0.15) is 32.3 Å². The van der Waals surface area contributed by atoms with E-state index in [1.807, 2.05) is 32.0 Å². The fourth-order valence-electron chi connectivity index (χ4n) is 5.68. The van der Waals surface area contributed by atoms with Crippen molar-refractivity contribution in [1.82, 2.24) is 14.5 Å². The topological polar surface area (TPSA) is 106 Å². The van der Waals surface area contributed by atoms with Crippen LogP contribution < -0.4 is 15.0 Å². The Morgan fingerprint density at radius 1 is 1.05 bits per heavy atom. The number of benzene rings is 3. The summed E-state index contributed by atoms with van der Waals surface area (Å²) < 4.78 is 46.8. The van der Waals surface area contributed by atoms with Crippen molar-refractivity contribution in [3.8, 4) is 16.9 Å². The van der Waals surface area contributed by atoms with E-state index in [0.717, 1.165) is 15.6 Å². The van der Waals surface area contributed by atoms with Gasteiger partial charge in [-0.25, -0.2) is 21.9 Å². The lowest BCUT2D eigenvalue weighted by Gasteiger charge is -2.43. The third-order valence-electron chi connectivity index (χ3n) is 7.83. The molecule has 1 spiro atoms. The molecule has 2 saturated heterocycles. The molecule has 2 aliphatic rings. The Bertz CT molecular complexity index is 1600. The monoisotopic (exact) mass is 593 g/mol. The number of carbonyl (C=O) groups is 1. The minimum absolute atomic E-state index is 0.0798. The van der Waals surface area contributed by atoms with Gasteiger partial charge in [0.1, 0.15) is 22.9 Å². The van der Waals surface area contributed by atoms with E-state index in [1.165, 1.54) is 43.3 Å². The maximum absolute atomic E-state index is 14.7. The lowest BCUT2D eigenvalue weighted by atomic mass is 9.84. The zero-order valence-electron chi connectivity index (χ0n) is 24.2. The second kappa shape index (κ2) is 11.5. The molecule has 2 amide bonds. The average molecular weight is 594 g/mol.